The van der Waals surface area contributed by atoms with Gasteiger partial charge in [-0.25, -0.2) is 4.79 Å². The second-order valence-electron chi connectivity index (χ2n) is 7.78. The summed E-state index contributed by atoms with van der Waals surface area (Å²) in [7, 11) is 1.56. The van der Waals surface area contributed by atoms with Crippen LogP contribution in [-0.2, 0) is 4.74 Å². The van der Waals surface area contributed by atoms with E-state index in [2.05, 4.69) is 15.1 Å². The topological polar surface area (TPSA) is 93.8 Å². The Morgan fingerprint density at radius 1 is 1.17 bits per heavy atom. The van der Waals surface area contributed by atoms with Gasteiger partial charge in [-0.1, -0.05) is 17.7 Å². The number of nitrogen functional groups attached to an aromatic ring is 1. The second kappa shape index (κ2) is 8.32. The van der Waals surface area contributed by atoms with Gasteiger partial charge in [0.05, 0.1) is 23.5 Å². The van der Waals surface area contributed by atoms with E-state index in [0.717, 1.165) is 11.3 Å². The van der Waals surface area contributed by atoms with Crippen molar-refractivity contribution in [3.63, 3.8) is 0 Å². The first-order valence-corrected chi connectivity index (χ1v) is 9.76. The van der Waals surface area contributed by atoms with Gasteiger partial charge in [0.25, 0.3) is 0 Å². The molecule has 0 atom stereocenters. The number of carbonyl (C=O) groups is 1. The van der Waals surface area contributed by atoms with E-state index in [0.29, 0.717) is 48.5 Å². The minimum atomic E-state index is -0.515. The summed E-state index contributed by atoms with van der Waals surface area (Å²) in [6.45, 7) is 7.86. The lowest BCUT2D eigenvalue weighted by molar-refractivity contribution is 0.0240. The number of aromatic nitrogens is 2. The summed E-state index contributed by atoms with van der Waals surface area (Å²) in [5, 5.41) is 8.83. The molecule has 8 nitrogen and oxygen atoms in total. The monoisotopic (exact) mass is 419 g/mol. The molecule has 156 valence electrons. The van der Waals surface area contributed by atoms with Crippen molar-refractivity contribution in [3.8, 4) is 17.0 Å². The van der Waals surface area contributed by atoms with Crippen molar-refractivity contribution in [2.75, 3.05) is 43.9 Å². The lowest BCUT2D eigenvalue weighted by atomic mass is 10.1. The molecular weight excluding hydrogens is 394 g/mol. The fourth-order valence-electron chi connectivity index (χ4n) is 3.15. The molecule has 2 heterocycles. The van der Waals surface area contributed by atoms with E-state index >= 15 is 0 Å². The van der Waals surface area contributed by atoms with E-state index in [1.807, 2.05) is 39.0 Å². The van der Waals surface area contributed by atoms with E-state index < -0.39 is 5.60 Å². The molecule has 3 rings (SSSR count). The maximum absolute atomic E-state index is 12.3. The van der Waals surface area contributed by atoms with Gasteiger partial charge >= 0.3 is 6.09 Å². The van der Waals surface area contributed by atoms with Crippen molar-refractivity contribution in [2.24, 2.45) is 0 Å². The molecule has 1 aliphatic rings. The SMILES string of the molecule is COc1c(Cl)cccc1-c1cc(N2CCN(C(=O)OC(C)(C)C)CC2)c(N)nn1. The first kappa shape index (κ1) is 21.0. The summed E-state index contributed by atoms with van der Waals surface area (Å²) in [6, 6.07) is 7.33. The highest BCUT2D eigenvalue weighted by atomic mass is 35.5. The van der Waals surface area contributed by atoms with Gasteiger partial charge in [0.1, 0.15) is 11.4 Å². The van der Waals surface area contributed by atoms with Gasteiger partial charge in [-0.3, -0.25) is 0 Å². The fraction of sp³-hybridized carbons (Fsp3) is 0.450. The van der Waals surface area contributed by atoms with Crippen LogP contribution in [-0.4, -0.2) is 60.1 Å². The van der Waals surface area contributed by atoms with E-state index in [9.17, 15) is 4.79 Å². The highest BCUT2D eigenvalue weighted by molar-refractivity contribution is 6.32. The molecule has 1 aliphatic heterocycles. The predicted molar refractivity (Wildman–Crippen MR) is 113 cm³/mol. The van der Waals surface area contributed by atoms with Crippen LogP contribution in [0.3, 0.4) is 0 Å². The number of nitrogens with two attached hydrogens (primary N) is 1. The number of nitrogens with zero attached hydrogens (tertiary/aromatic N) is 4. The van der Waals surface area contributed by atoms with Gasteiger partial charge in [-0.15, -0.1) is 10.2 Å². The quantitative estimate of drug-likeness (QED) is 0.814. The fourth-order valence-corrected chi connectivity index (χ4v) is 3.40. The van der Waals surface area contributed by atoms with Gasteiger partial charge < -0.3 is 25.0 Å². The number of halogens is 1. The number of anilines is 2. The van der Waals surface area contributed by atoms with E-state index in [4.69, 9.17) is 26.8 Å². The van der Waals surface area contributed by atoms with Crippen molar-refractivity contribution in [1.29, 1.82) is 0 Å². The Hall–Kier alpha value is -2.74. The molecule has 0 radical (unpaired) electrons. The first-order valence-electron chi connectivity index (χ1n) is 9.38. The number of amides is 1. The zero-order chi connectivity index (χ0) is 21.2. The molecule has 1 saturated heterocycles. The Labute approximate surface area is 175 Å². The number of ether oxygens (including phenoxy) is 2. The first-order chi connectivity index (χ1) is 13.7. The summed E-state index contributed by atoms with van der Waals surface area (Å²) >= 11 is 6.23. The molecule has 0 spiro atoms. The van der Waals surface area contributed by atoms with Crippen molar-refractivity contribution >= 4 is 29.2 Å². The molecule has 2 aromatic rings. The molecule has 1 amide bonds. The number of piperazine rings is 1. The van der Waals surface area contributed by atoms with Crippen molar-refractivity contribution < 1.29 is 14.3 Å². The van der Waals surface area contributed by atoms with Crippen LogP contribution in [0.1, 0.15) is 20.8 Å². The van der Waals surface area contributed by atoms with E-state index in [1.165, 1.54) is 0 Å². The zero-order valence-corrected chi connectivity index (χ0v) is 17.9. The van der Waals surface area contributed by atoms with Crippen LogP contribution >= 0.6 is 11.6 Å². The predicted octanol–water partition coefficient (Wildman–Crippen LogP) is 3.44. The number of hydrogen-bond donors (Lipinski definition) is 1. The lowest BCUT2D eigenvalue weighted by Crippen LogP contribution is -2.50. The molecule has 9 heteroatoms. The largest absolute Gasteiger partial charge is 0.494 e. The average molecular weight is 420 g/mol. The molecule has 29 heavy (non-hydrogen) atoms. The average Bonchev–Trinajstić information content (AvgIpc) is 2.67. The van der Waals surface area contributed by atoms with Crippen LogP contribution in [0.2, 0.25) is 5.02 Å². The van der Waals surface area contributed by atoms with Crippen LogP contribution in [0.4, 0.5) is 16.3 Å². The third-order valence-electron chi connectivity index (χ3n) is 4.52. The van der Waals surface area contributed by atoms with Crippen LogP contribution < -0.4 is 15.4 Å². The molecule has 0 unspecified atom stereocenters. The zero-order valence-electron chi connectivity index (χ0n) is 17.1. The summed E-state index contributed by atoms with van der Waals surface area (Å²) in [5.74, 6) is 0.870. The molecule has 1 aromatic heterocycles. The second-order valence-corrected chi connectivity index (χ2v) is 8.18. The Morgan fingerprint density at radius 2 is 1.86 bits per heavy atom. The van der Waals surface area contributed by atoms with Gasteiger partial charge in [-0.2, -0.15) is 0 Å². The molecule has 0 aliphatic carbocycles. The maximum Gasteiger partial charge on any atom is 0.410 e. The summed E-state index contributed by atoms with van der Waals surface area (Å²) in [4.78, 5) is 16.1. The minimum absolute atomic E-state index is 0.303. The molecule has 0 saturated carbocycles. The Kier molecular flexibility index (Phi) is 6.02. The molecule has 0 bridgehead atoms. The van der Waals surface area contributed by atoms with Crippen LogP contribution in [0.5, 0.6) is 5.75 Å². The number of rotatable bonds is 3. The number of benzene rings is 1. The van der Waals surface area contributed by atoms with Gasteiger partial charge in [0.2, 0.25) is 0 Å². The summed E-state index contributed by atoms with van der Waals surface area (Å²) in [6.07, 6.45) is -0.303. The van der Waals surface area contributed by atoms with Crippen LogP contribution in [0.15, 0.2) is 24.3 Å². The normalized spacial score (nSPS) is 14.7. The third kappa shape index (κ3) is 4.82. The van der Waals surface area contributed by atoms with Gasteiger partial charge in [0.15, 0.2) is 5.82 Å². The van der Waals surface area contributed by atoms with Crippen molar-refractivity contribution in [2.45, 2.75) is 26.4 Å². The highest BCUT2D eigenvalue weighted by Crippen LogP contribution is 2.36. The lowest BCUT2D eigenvalue weighted by Gasteiger charge is -2.36. The van der Waals surface area contributed by atoms with E-state index in [1.54, 1.807) is 18.1 Å². The summed E-state index contributed by atoms with van der Waals surface area (Å²) < 4.78 is 10.9. The Bertz CT molecular complexity index is 892. The van der Waals surface area contributed by atoms with Crippen molar-refractivity contribution in [1.82, 2.24) is 15.1 Å². The molecule has 1 aromatic carbocycles. The standard InChI is InChI=1S/C20H26ClN5O3/c1-20(2,3)29-19(27)26-10-8-25(9-11-26)16-12-15(23-24-18(16)22)13-6-5-7-14(21)17(13)28-4/h5-7,12H,8-11H2,1-4H3,(H2,22,24). The number of methoxy groups -OCH3 is 1. The Balaban J connectivity index is 1.79. The molecular formula is C20H26ClN5O3. The smallest absolute Gasteiger partial charge is 0.410 e. The van der Waals surface area contributed by atoms with Crippen LogP contribution in [0.25, 0.3) is 11.3 Å². The van der Waals surface area contributed by atoms with Crippen molar-refractivity contribution in [3.05, 3.63) is 29.3 Å². The maximum atomic E-state index is 12.3. The van der Waals surface area contributed by atoms with E-state index in [-0.39, 0.29) is 6.09 Å². The highest BCUT2D eigenvalue weighted by Gasteiger charge is 2.27. The minimum Gasteiger partial charge on any atom is -0.494 e. The number of carbonyl (C=O) groups excluding carboxylic acids is 1. The molecule has 2 N–H and O–H groups in total. The summed E-state index contributed by atoms with van der Waals surface area (Å²) in [5.41, 5.74) is 7.70. The number of hydrogen-bond acceptors (Lipinski definition) is 7. The van der Waals surface area contributed by atoms with Crippen LogP contribution in [0, 0.1) is 0 Å². The van der Waals surface area contributed by atoms with Gasteiger partial charge in [-0.05, 0) is 39.0 Å². The Morgan fingerprint density at radius 3 is 2.48 bits per heavy atom. The van der Waals surface area contributed by atoms with Gasteiger partial charge in [0, 0.05) is 31.7 Å². The third-order valence-corrected chi connectivity index (χ3v) is 4.82. The molecule has 1 fully saturated rings. The number of para-hydroxylation sites is 1.